The van der Waals surface area contributed by atoms with Gasteiger partial charge < -0.3 is 14.8 Å². The Labute approximate surface area is 114 Å². The van der Waals surface area contributed by atoms with Gasteiger partial charge in [-0.15, -0.1) is 0 Å². The Bertz CT molecular complexity index is 453. The second-order valence-corrected chi connectivity index (χ2v) is 4.76. The molecule has 0 spiro atoms. The van der Waals surface area contributed by atoms with Crippen LogP contribution in [0, 0.1) is 13.8 Å². The minimum Gasteiger partial charge on any atom is -0.481 e. The van der Waals surface area contributed by atoms with Crippen LogP contribution in [0.25, 0.3) is 0 Å². The Morgan fingerprint density at radius 2 is 2.00 bits per heavy atom. The molecular formula is C12H16BrNO4. The van der Waals surface area contributed by atoms with Crippen LogP contribution in [0.2, 0.25) is 0 Å². The molecule has 1 aromatic heterocycles. The number of nitrogens with one attached hydrogen (secondary N) is 1. The Morgan fingerprint density at radius 1 is 1.33 bits per heavy atom. The molecule has 18 heavy (non-hydrogen) atoms. The van der Waals surface area contributed by atoms with E-state index in [-0.39, 0.29) is 12.3 Å². The van der Waals surface area contributed by atoms with Crippen molar-refractivity contribution in [2.24, 2.45) is 0 Å². The number of furan rings is 1. The average molecular weight is 318 g/mol. The molecule has 0 saturated heterocycles. The number of amides is 1. The van der Waals surface area contributed by atoms with Gasteiger partial charge in [0, 0.05) is 18.5 Å². The lowest BCUT2D eigenvalue weighted by molar-refractivity contribution is -0.137. The quantitative estimate of drug-likeness (QED) is 0.790. The molecule has 0 unspecified atom stereocenters. The number of carbonyl (C=O) groups is 2. The van der Waals surface area contributed by atoms with Crippen LogP contribution in [0.1, 0.15) is 40.9 Å². The van der Waals surface area contributed by atoms with E-state index in [2.05, 4.69) is 21.2 Å². The molecule has 0 radical (unpaired) electrons. The molecule has 0 bridgehead atoms. The maximum absolute atomic E-state index is 11.9. The molecule has 0 atom stereocenters. The van der Waals surface area contributed by atoms with Crippen molar-refractivity contribution in [3.63, 3.8) is 0 Å². The largest absolute Gasteiger partial charge is 0.481 e. The summed E-state index contributed by atoms with van der Waals surface area (Å²) in [5.74, 6) is -0.427. The van der Waals surface area contributed by atoms with E-state index >= 15 is 0 Å². The van der Waals surface area contributed by atoms with Gasteiger partial charge in [-0.1, -0.05) is 0 Å². The number of carboxylic acid groups (broad SMARTS) is 1. The van der Waals surface area contributed by atoms with Gasteiger partial charge in [-0.2, -0.15) is 0 Å². The fourth-order valence-corrected chi connectivity index (χ4v) is 2.09. The first kappa shape index (κ1) is 14.8. The SMILES string of the molecule is Cc1oc(Br)c(C)c1C(=O)NCCCCC(=O)O. The van der Waals surface area contributed by atoms with Crippen molar-refractivity contribution in [1.82, 2.24) is 5.32 Å². The smallest absolute Gasteiger partial charge is 0.303 e. The van der Waals surface area contributed by atoms with Crippen molar-refractivity contribution >= 4 is 27.8 Å². The van der Waals surface area contributed by atoms with Crippen LogP contribution in [0.5, 0.6) is 0 Å². The zero-order valence-electron chi connectivity index (χ0n) is 10.4. The molecule has 0 fully saturated rings. The summed E-state index contributed by atoms with van der Waals surface area (Å²) in [7, 11) is 0. The maximum atomic E-state index is 11.9. The highest BCUT2D eigenvalue weighted by atomic mass is 79.9. The summed E-state index contributed by atoms with van der Waals surface area (Å²) in [6.45, 7) is 4.00. The lowest BCUT2D eigenvalue weighted by Gasteiger charge is -2.04. The Kier molecular flexibility index (Phi) is 5.40. The lowest BCUT2D eigenvalue weighted by Crippen LogP contribution is -2.25. The third-order valence-corrected chi connectivity index (χ3v) is 3.35. The van der Waals surface area contributed by atoms with E-state index in [1.54, 1.807) is 13.8 Å². The van der Waals surface area contributed by atoms with E-state index in [1.165, 1.54) is 0 Å². The van der Waals surface area contributed by atoms with Gasteiger partial charge in [0.15, 0.2) is 4.67 Å². The molecule has 0 aliphatic carbocycles. The van der Waals surface area contributed by atoms with E-state index in [9.17, 15) is 9.59 Å². The molecule has 6 heteroatoms. The Hall–Kier alpha value is -1.30. The second kappa shape index (κ2) is 6.58. The number of aryl methyl sites for hydroxylation is 1. The highest BCUT2D eigenvalue weighted by Gasteiger charge is 2.18. The molecule has 100 valence electrons. The topological polar surface area (TPSA) is 79.5 Å². The van der Waals surface area contributed by atoms with Gasteiger partial charge in [-0.25, -0.2) is 0 Å². The second-order valence-electron chi connectivity index (χ2n) is 4.04. The number of carboxylic acids is 1. The summed E-state index contributed by atoms with van der Waals surface area (Å²) < 4.78 is 5.87. The summed E-state index contributed by atoms with van der Waals surface area (Å²) in [5.41, 5.74) is 1.32. The fourth-order valence-electron chi connectivity index (χ4n) is 1.65. The first-order valence-corrected chi connectivity index (χ1v) is 6.48. The van der Waals surface area contributed by atoms with E-state index in [4.69, 9.17) is 9.52 Å². The first-order valence-electron chi connectivity index (χ1n) is 5.69. The van der Waals surface area contributed by atoms with E-state index in [0.29, 0.717) is 35.4 Å². The summed E-state index contributed by atoms with van der Waals surface area (Å²) in [4.78, 5) is 22.2. The van der Waals surface area contributed by atoms with Crippen molar-refractivity contribution in [2.45, 2.75) is 33.1 Å². The zero-order valence-corrected chi connectivity index (χ0v) is 12.0. The summed E-state index contributed by atoms with van der Waals surface area (Å²) >= 11 is 3.23. The van der Waals surface area contributed by atoms with Crippen LogP contribution < -0.4 is 5.32 Å². The molecule has 1 amide bonds. The number of aliphatic carboxylic acids is 1. The van der Waals surface area contributed by atoms with Crippen molar-refractivity contribution in [2.75, 3.05) is 6.54 Å². The number of halogens is 1. The molecule has 0 aliphatic heterocycles. The minimum atomic E-state index is -0.813. The molecule has 5 nitrogen and oxygen atoms in total. The summed E-state index contributed by atoms with van der Waals surface area (Å²) in [6.07, 6.45) is 1.34. The monoisotopic (exact) mass is 317 g/mol. The molecule has 0 saturated carbocycles. The maximum Gasteiger partial charge on any atom is 0.303 e. The zero-order chi connectivity index (χ0) is 13.7. The van der Waals surface area contributed by atoms with Crippen molar-refractivity contribution < 1.29 is 19.1 Å². The number of hydrogen-bond acceptors (Lipinski definition) is 3. The first-order chi connectivity index (χ1) is 8.43. The van der Waals surface area contributed by atoms with Gasteiger partial charge in [-0.05, 0) is 42.6 Å². The predicted octanol–water partition coefficient (Wildman–Crippen LogP) is 2.64. The van der Waals surface area contributed by atoms with Crippen LogP contribution in [0.4, 0.5) is 0 Å². The number of carbonyl (C=O) groups excluding carboxylic acids is 1. The third-order valence-electron chi connectivity index (χ3n) is 2.59. The molecule has 2 N–H and O–H groups in total. The van der Waals surface area contributed by atoms with Crippen molar-refractivity contribution in [3.05, 3.63) is 21.6 Å². The van der Waals surface area contributed by atoms with Gasteiger partial charge in [0.25, 0.3) is 5.91 Å². The van der Waals surface area contributed by atoms with E-state index in [0.717, 1.165) is 5.56 Å². The van der Waals surface area contributed by atoms with Gasteiger partial charge >= 0.3 is 5.97 Å². The molecule has 0 aromatic carbocycles. The third kappa shape index (κ3) is 3.87. The van der Waals surface area contributed by atoms with Crippen LogP contribution >= 0.6 is 15.9 Å². The predicted molar refractivity (Wildman–Crippen MR) is 69.7 cm³/mol. The van der Waals surface area contributed by atoms with Gasteiger partial charge in [0.05, 0.1) is 5.56 Å². The molecule has 1 rings (SSSR count). The van der Waals surface area contributed by atoms with Crippen LogP contribution in [0.3, 0.4) is 0 Å². The van der Waals surface area contributed by atoms with Crippen LogP contribution in [0.15, 0.2) is 9.09 Å². The molecular weight excluding hydrogens is 302 g/mol. The standard InChI is InChI=1S/C12H16BrNO4/c1-7-10(8(2)18-11(7)13)12(17)14-6-4-3-5-9(15)16/h3-6H2,1-2H3,(H,14,17)(H,15,16). The van der Waals surface area contributed by atoms with Gasteiger partial charge in [0.2, 0.25) is 0 Å². The Balaban J connectivity index is 2.44. The van der Waals surface area contributed by atoms with Crippen LogP contribution in [-0.2, 0) is 4.79 Å². The van der Waals surface area contributed by atoms with Gasteiger partial charge in [-0.3, -0.25) is 9.59 Å². The highest BCUT2D eigenvalue weighted by molar-refractivity contribution is 9.10. The molecule has 1 heterocycles. The molecule has 0 aliphatic rings. The number of unbranched alkanes of at least 4 members (excludes halogenated alkanes) is 1. The van der Waals surface area contributed by atoms with E-state index in [1.807, 2.05) is 0 Å². The highest BCUT2D eigenvalue weighted by Crippen LogP contribution is 2.25. The fraction of sp³-hybridized carbons (Fsp3) is 0.500. The average Bonchev–Trinajstić information content (AvgIpc) is 2.52. The normalized spacial score (nSPS) is 10.4. The lowest BCUT2D eigenvalue weighted by atomic mass is 10.1. The summed E-state index contributed by atoms with van der Waals surface area (Å²) in [6, 6.07) is 0. The Morgan fingerprint density at radius 3 is 2.50 bits per heavy atom. The van der Waals surface area contributed by atoms with Gasteiger partial charge in [0.1, 0.15) is 5.76 Å². The van der Waals surface area contributed by atoms with Crippen LogP contribution in [-0.4, -0.2) is 23.5 Å². The van der Waals surface area contributed by atoms with E-state index < -0.39 is 5.97 Å². The number of rotatable bonds is 6. The summed E-state index contributed by atoms with van der Waals surface area (Å²) in [5, 5.41) is 11.2. The van der Waals surface area contributed by atoms with Crippen molar-refractivity contribution in [3.8, 4) is 0 Å². The number of hydrogen-bond donors (Lipinski definition) is 2. The minimum absolute atomic E-state index is 0.130. The molecule has 1 aromatic rings. The van der Waals surface area contributed by atoms with Crippen molar-refractivity contribution in [1.29, 1.82) is 0 Å².